The Morgan fingerprint density at radius 3 is 2.72 bits per heavy atom. The highest BCUT2D eigenvalue weighted by Crippen LogP contribution is 2.35. The molecule has 1 heterocycles. The Balaban J connectivity index is 2.26. The van der Waals surface area contributed by atoms with Gasteiger partial charge < -0.3 is 10.1 Å². The fourth-order valence-electron chi connectivity index (χ4n) is 2.82. The van der Waals surface area contributed by atoms with Crippen molar-refractivity contribution < 1.29 is 4.74 Å². The van der Waals surface area contributed by atoms with Crippen molar-refractivity contribution in [2.45, 2.75) is 58.5 Å². The SMILES string of the molecule is CCCCCC/C(=N/C#N)NC1=CC(C)(C)Oc2ccc(C#N)cc21. The minimum absolute atomic E-state index is 0.483. The van der Waals surface area contributed by atoms with Crippen LogP contribution in [0.25, 0.3) is 5.70 Å². The molecule has 5 heteroatoms. The molecule has 0 fully saturated rings. The first-order valence-corrected chi connectivity index (χ1v) is 8.68. The van der Waals surface area contributed by atoms with E-state index in [2.05, 4.69) is 23.3 Å². The molecular weight excluding hydrogens is 312 g/mol. The zero-order valence-electron chi connectivity index (χ0n) is 15.1. The van der Waals surface area contributed by atoms with E-state index in [1.54, 1.807) is 12.1 Å². The maximum Gasteiger partial charge on any atom is 0.207 e. The van der Waals surface area contributed by atoms with Gasteiger partial charge in [-0.25, -0.2) is 0 Å². The predicted octanol–water partition coefficient (Wildman–Crippen LogP) is 4.51. The highest BCUT2D eigenvalue weighted by Gasteiger charge is 2.27. The topological polar surface area (TPSA) is 81.2 Å². The molecule has 0 aliphatic carbocycles. The number of aliphatic imine (C=N–C) groups is 1. The summed E-state index contributed by atoms with van der Waals surface area (Å²) >= 11 is 0. The summed E-state index contributed by atoms with van der Waals surface area (Å²) in [6.07, 6.45) is 9.02. The lowest BCUT2D eigenvalue weighted by Gasteiger charge is -2.31. The van der Waals surface area contributed by atoms with Crippen molar-refractivity contribution in [3.63, 3.8) is 0 Å². The van der Waals surface area contributed by atoms with E-state index in [-0.39, 0.29) is 0 Å². The number of nitrogens with zero attached hydrogens (tertiary/aromatic N) is 3. The summed E-state index contributed by atoms with van der Waals surface area (Å²) in [6, 6.07) is 7.50. The second-order valence-corrected chi connectivity index (χ2v) is 6.68. The van der Waals surface area contributed by atoms with Gasteiger partial charge in [-0.1, -0.05) is 26.2 Å². The van der Waals surface area contributed by atoms with E-state index in [9.17, 15) is 0 Å². The third-order valence-electron chi connectivity index (χ3n) is 3.99. The van der Waals surface area contributed by atoms with Crippen molar-refractivity contribution in [1.82, 2.24) is 5.32 Å². The number of ether oxygens (including phenoxy) is 1. The molecule has 1 aromatic rings. The average Bonchev–Trinajstić information content (AvgIpc) is 2.57. The number of amidine groups is 1. The summed E-state index contributed by atoms with van der Waals surface area (Å²) in [7, 11) is 0. The van der Waals surface area contributed by atoms with E-state index < -0.39 is 5.60 Å². The van der Waals surface area contributed by atoms with E-state index in [0.717, 1.165) is 36.3 Å². The van der Waals surface area contributed by atoms with Gasteiger partial charge in [0.25, 0.3) is 0 Å². The van der Waals surface area contributed by atoms with E-state index in [0.29, 0.717) is 11.4 Å². The molecule has 0 atom stereocenters. The molecule has 0 unspecified atom stereocenters. The summed E-state index contributed by atoms with van der Waals surface area (Å²) in [5.74, 6) is 1.37. The molecule has 130 valence electrons. The van der Waals surface area contributed by atoms with Gasteiger partial charge in [0.05, 0.1) is 17.3 Å². The van der Waals surface area contributed by atoms with Crippen LogP contribution in [0.4, 0.5) is 0 Å². The van der Waals surface area contributed by atoms with Crippen LogP contribution in [0, 0.1) is 22.8 Å². The fraction of sp³-hybridized carbons (Fsp3) is 0.450. The first kappa shape index (κ1) is 18.5. The molecule has 5 nitrogen and oxygen atoms in total. The highest BCUT2D eigenvalue weighted by atomic mass is 16.5. The Hall–Kier alpha value is -2.79. The minimum atomic E-state index is -0.483. The van der Waals surface area contributed by atoms with Crippen LogP contribution in [-0.4, -0.2) is 11.4 Å². The minimum Gasteiger partial charge on any atom is -0.483 e. The van der Waals surface area contributed by atoms with Crippen molar-refractivity contribution in [2.75, 3.05) is 0 Å². The third-order valence-corrected chi connectivity index (χ3v) is 3.99. The van der Waals surface area contributed by atoms with Crippen LogP contribution < -0.4 is 10.1 Å². The van der Waals surface area contributed by atoms with Gasteiger partial charge in [0.1, 0.15) is 17.2 Å². The van der Waals surface area contributed by atoms with Gasteiger partial charge in [0.2, 0.25) is 6.19 Å². The summed E-state index contributed by atoms with van der Waals surface area (Å²) in [5.41, 5.74) is 1.73. The molecular formula is C20H24N4O. The Kier molecular flexibility index (Phi) is 6.19. The summed E-state index contributed by atoms with van der Waals surface area (Å²) in [6.45, 7) is 6.11. The van der Waals surface area contributed by atoms with Crippen molar-refractivity contribution in [3.05, 3.63) is 35.4 Å². The lowest BCUT2D eigenvalue weighted by molar-refractivity contribution is 0.157. The number of nitriles is 2. The molecule has 0 bridgehead atoms. The second kappa shape index (κ2) is 8.35. The van der Waals surface area contributed by atoms with Crippen LogP contribution in [0.15, 0.2) is 29.3 Å². The Morgan fingerprint density at radius 2 is 2.04 bits per heavy atom. The van der Waals surface area contributed by atoms with Crippen LogP contribution in [-0.2, 0) is 0 Å². The van der Waals surface area contributed by atoms with Gasteiger partial charge >= 0.3 is 0 Å². The molecule has 0 radical (unpaired) electrons. The lowest BCUT2D eigenvalue weighted by Crippen LogP contribution is -2.33. The molecule has 1 aliphatic heterocycles. The van der Waals surface area contributed by atoms with Crippen molar-refractivity contribution >= 4 is 11.5 Å². The van der Waals surface area contributed by atoms with Crippen LogP contribution >= 0.6 is 0 Å². The maximum atomic E-state index is 9.16. The van der Waals surface area contributed by atoms with Gasteiger partial charge in [0.15, 0.2) is 0 Å². The molecule has 2 rings (SSSR count). The molecule has 25 heavy (non-hydrogen) atoms. The molecule has 1 aromatic carbocycles. The number of rotatable bonds is 6. The van der Waals surface area contributed by atoms with Crippen LogP contribution in [0.2, 0.25) is 0 Å². The van der Waals surface area contributed by atoms with E-state index in [1.807, 2.05) is 32.2 Å². The average molecular weight is 336 g/mol. The number of hydrogen-bond donors (Lipinski definition) is 1. The summed E-state index contributed by atoms with van der Waals surface area (Å²) in [4.78, 5) is 3.94. The first-order chi connectivity index (χ1) is 12.0. The normalized spacial score (nSPS) is 15.2. The smallest absolute Gasteiger partial charge is 0.207 e. The zero-order chi connectivity index (χ0) is 18.3. The van der Waals surface area contributed by atoms with Crippen molar-refractivity contribution in [3.8, 4) is 18.0 Å². The lowest BCUT2D eigenvalue weighted by atomic mass is 9.97. The quantitative estimate of drug-likeness (QED) is 0.359. The number of fused-ring (bicyclic) bond motifs is 1. The van der Waals surface area contributed by atoms with Crippen LogP contribution in [0.5, 0.6) is 5.75 Å². The van der Waals surface area contributed by atoms with E-state index in [4.69, 9.17) is 15.3 Å². The van der Waals surface area contributed by atoms with Crippen molar-refractivity contribution in [1.29, 1.82) is 10.5 Å². The maximum absolute atomic E-state index is 9.16. The predicted molar refractivity (Wildman–Crippen MR) is 98.8 cm³/mol. The Bertz CT molecular complexity index is 763. The second-order valence-electron chi connectivity index (χ2n) is 6.68. The standard InChI is InChI=1S/C20H24N4O/c1-4-5-6-7-8-19(23-14-22)24-17-12-20(2,3)25-18-10-9-15(13-21)11-16(17)18/h9-12H,4-8H2,1-3H3,(H,23,24). The summed E-state index contributed by atoms with van der Waals surface area (Å²) in [5, 5.41) is 21.4. The van der Waals surface area contributed by atoms with Gasteiger partial charge in [-0.2, -0.15) is 15.5 Å². The molecule has 0 saturated heterocycles. The highest BCUT2D eigenvalue weighted by molar-refractivity contribution is 5.92. The summed E-state index contributed by atoms with van der Waals surface area (Å²) < 4.78 is 5.97. The van der Waals surface area contributed by atoms with Gasteiger partial charge in [-0.15, -0.1) is 0 Å². The molecule has 1 aliphatic rings. The molecule has 0 aromatic heterocycles. The monoisotopic (exact) mass is 336 g/mol. The van der Waals surface area contributed by atoms with Gasteiger partial charge in [-0.3, -0.25) is 0 Å². The van der Waals surface area contributed by atoms with Crippen LogP contribution in [0.3, 0.4) is 0 Å². The van der Waals surface area contributed by atoms with E-state index >= 15 is 0 Å². The fourth-order valence-corrected chi connectivity index (χ4v) is 2.82. The van der Waals surface area contributed by atoms with Gasteiger partial charge in [0, 0.05) is 12.0 Å². The Labute approximate surface area is 149 Å². The zero-order valence-corrected chi connectivity index (χ0v) is 15.1. The third kappa shape index (κ3) is 5.09. The van der Waals surface area contributed by atoms with Gasteiger partial charge in [-0.05, 0) is 44.5 Å². The van der Waals surface area contributed by atoms with E-state index in [1.165, 1.54) is 12.8 Å². The Morgan fingerprint density at radius 1 is 1.24 bits per heavy atom. The molecule has 1 N–H and O–H groups in total. The molecule has 0 spiro atoms. The largest absolute Gasteiger partial charge is 0.483 e. The number of unbranched alkanes of at least 4 members (excludes halogenated alkanes) is 3. The number of hydrogen-bond acceptors (Lipinski definition) is 4. The first-order valence-electron chi connectivity index (χ1n) is 8.68. The van der Waals surface area contributed by atoms with Crippen LogP contribution in [0.1, 0.15) is 64.0 Å². The molecule has 0 amide bonds. The molecule has 0 saturated carbocycles. The number of nitrogens with one attached hydrogen (secondary N) is 1. The van der Waals surface area contributed by atoms with Crippen molar-refractivity contribution in [2.24, 2.45) is 4.99 Å². The number of benzene rings is 1.